The van der Waals surface area contributed by atoms with Gasteiger partial charge in [-0.2, -0.15) is 0 Å². The lowest BCUT2D eigenvalue weighted by Crippen LogP contribution is -2.40. The molecule has 0 fully saturated rings. The van der Waals surface area contributed by atoms with Crippen LogP contribution in [0.5, 0.6) is 5.75 Å². The highest BCUT2D eigenvalue weighted by Gasteiger charge is 2.16. The van der Waals surface area contributed by atoms with E-state index in [1.807, 2.05) is 6.07 Å². The zero-order chi connectivity index (χ0) is 24.1. The molecule has 8 nitrogen and oxygen atoms in total. The van der Waals surface area contributed by atoms with Gasteiger partial charge in [0.05, 0.1) is 13.1 Å². The number of benzene rings is 2. The molecule has 33 heavy (non-hydrogen) atoms. The third kappa shape index (κ3) is 8.45. The van der Waals surface area contributed by atoms with Gasteiger partial charge in [-0.3, -0.25) is 9.59 Å². The van der Waals surface area contributed by atoms with Crippen molar-refractivity contribution in [3.63, 3.8) is 0 Å². The molecule has 2 aromatic carbocycles. The minimum absolute atomic E-state index is 0.0533. The third-order valence-corrected chi connectivity index (χ3v) is 4.41. The van der Waals surface area contributed by atoms with Gasteiger partial charge in [0.25, 0.3) is 5.91 Å². The average Bonchev–Trinajstić information content (AvgIpc) is 2.86. The highest BCUT2D eigenvalue weighted by molar-refractivity contribution is 6.09. The van der Waals surface area contributed by atoms with Crippen LogP contribution in [-0.2, 0) is 23.9 Å². The van der Waals surface area contributed by atoms with Crippen molar-refractivity contribution in [3.8, 4) is 5.75 Å². The topological polar surface area (TPSA) is 99.2 Å². The third-order valence-electron chi connectivity index (χ3n) is 4.41. The van der Waals surface area contributed by atoms with Crippen molar-refractivity contribution >= 4 is 23.6 Å². The fraction of sp³-hybridized carbons (Fsp3) is 0.200. The molecule has 0 unspecified atom stereocenters. The molecule has 0 aliphatic carbocycles. The number of carbonyl (C=O) groups excluding carboxylic acids is 4. The summed E-state index contributed by atoms with van der Waals surface area (Å²) in [4.78, 5) is 48.8. The van der Waals surface area contributed by atoms with E-state index in [4.69, 9.17) is 14.2 Å². The van der Waals surface area contributed by atoms with Crippen molar-refractivity contribution in [1.29, 1.82) is 0 Å². The van der Waals surface area contributed by atoms with Crippen LogP contribution in [0.1, 0.15) is 15.9 Å². The summed E-state index contributed by atoms with van der Waals surface area (Å²) >= 11 is 0. The molecular formula is C25H25NO7. The fourth-order valence-corrected chi connectivity index (χ4v) is 2.69. The van der Waals surface area contributed by atoms with E-state index in [2.05, 4.69) is 13.2 Å². The number of carbonyl (C=O) groups is 4. The van der Waals surface area contributed by atoms with Crippen molar-refractivity contribution in [1.82, 2.24) is 4.90 Å². The van der Waals surface area contributed by atoms with Gasteiger partial charge in [-0.05, 0) is 24.3 Å². The van der Waals surface area contributed by atoms with Crippen LogP contribution >= 0.6 is 0 Å². The number of ether oxygens (including phenoxy) is 3. The van der Waals surface area contributed by atoms with Crippen LogP contribution in [-0.4, -0.2) is 61.4 Å². The zero-order valence-corrected chi connectivity index (χ0v) is 18.1. The average molecular weight is 451 g/mol. The molecule has 0 aliphatic rings. The normalized spacial score (nSPS) is 9.94. The molecule has 0 saturated heterocycles. The second-order valence-electron chi connectivity index (χ2n) is 6.63. The molecule has 0 N–H and O–H groups in total. The summed E-state index contributed by atoms with van der Waals surface area (Å²) in [6.07, 6.45) is 2.04. The van der Waals surface area contributed by atoms with E-state index in [0.717, 1.165) is 12.2 Å². The molecule has 0 radical (unpaired) electrons. The number of amides is 1. The molecule has 0 saturated carbocycles. The van der Waals surface area contributed by atoms with Gasteiger partial charge >= 0.3 is 11.9 Å². The Kier molecular flexibility index (Phi) is 10.1. The highest BCUT2D eigenvalue weighted by Crippen LogP contribution is 2.15. The van der Waals surface area contributed by atoms with Crippen LogP contribution < -0.4 is 4.74 Å². The molecule has 0 spiro atoms. The molecule has 0 atom stereocenters. The zero-order valence-electron chi connectivity index (χ0n) is 18.1. The van der Waals surface area contributed by atoms with Crippen molar-refractivity contribution < 1.29 is 33.4 Å². The first-order chi connectivity index (χ1) is 15.9. The van der Waals surface area contributed by atoms with Crippen molar-refractivity contribution in [2.75, 3.05) is 32.9 Å². The summed E-state index contributed by atoms with van der Waals surface area (Å²) in [7, 11) is 0. The minimum Gasteiger partial charge on any atom is -0.484 e. The molecular weight excluding hydrogens is 426 g/mol. The molecule has 2 rings (SSSR count). The Hall–Kier alpha value is -4.20. The molecule has 0 aromatic heterocycles. The summed E-state index contributed by atoms with van der Waals surface area (Å²) in [5, 5.41) is 0. The summed E-state index contributed by atoms with van der Waals surface area (Å²) in [6.45, 7) is 6.37. The first-order valence-electron chi connectivity index (χ1n) is 10.1. The van der Waals surface area contributed by atoms with Crippen LogP contribution in [0.2, 0.25) is 0 Å². The van der Waals surface area contributed by atoms with E-state index < -0.39 is 17.8 Å². The SMILES string of the molecule is C=CC(=O)OCCN(CCOC(=O)C=C)C(=O)COc1ccc(C(=O)c2ccccc2)cc1. The maximum absolute atomic E-state index is 12.6. The van der Waals surface area contributed by atoms with E-state index in [1.165, 1.54) is 4.90 Å². The Morgan fingerprint density at radius 1 is 0.758 bits per heavy atom. The van der Waals surface area contributed by atoms with E-state index in [0.29, 0.717) is 16.9 Å². The number of esters is 2. The summed E-state index contributed by atoms with van der Waals surface area (Å²) in [5.74, 6) is -1.33. The highest BCUT2D eigenvalue weighted by atomic mass is 16.5. The van der Waals surface area contributed by atoms with Gasteiger partial charge in [-0.1, -0.05) is 43.5 Å². The fourth-order valence-electron chi connectivity index (χ4n) is 2.69. The van der Waals surface area contributed by atoms with Crippen molar-refractivity contribution in [2.24, 2.45) is 0 Å². The molecule has 8 heteroatoms. The monoisotopic (exact) mass is 451 g/mol. The van der Waals surface area contributed by atoms with Crippen LogP contribution in [0.4, 0.5) is 0 Å². The smallest absolute Gasteiger partial charge is 0.330 e. The van der Waals surface area contributed by atoms with Gasteiger partial charge in [-0.25, -0.2) is 9.59 Å². The molecule has 172 valence electrons. The lowest BCUT2D eigenvalue weighted by atomic mass is 10.0. The van der Waals surface area contributed by atoms with Crippen molar-refractivity contribution in [3.05, 3.63) is 91.0 Å². The molecule has 1 amide bonds. The standard InChI is InChI=1S/C25H25NO7/c1-3-23(28)31-16-14-26(15-17-32-24(29)4-2)22(27)18-33-21-12-10-20(11-13-21)25(30)19-8-6-5-7-9-19/h3-13H,1-2,14-18H2. The predicted molar refractivity (Wildman–Crippen MR) is 121 cm³/mol. The van der Waals surface area contributed by atoms with E-state index in [-0.39, 0.29) is 38.7 Å². The maximum atomic E-state index is 12.6. The number of hydrogen-bond acceptors (Lipinski definition) is 7. The number of ketones is 1. The second kappa shape index (κ2) is 13.3. The lowest BCUT2D eigenvalue weighted by molar-refractivity contribution is -0.143. The van der Waals surface area contributed by atoms with Gasteiger partial charge < -0.3 is 19.1 Å². The Labute approximate surface area is 192 Å². The van der Waals surface area contributed by atoms with E-state index in [9.17, 15) is 19.2 Å². The minimum atomic E-state index is -0.609. The Morgan fingerprint density at radius 3 is 1.79 bits per heavy atom. The van der Waals surface area contributed by atoms with Gasteiger partial charge in [0.2, 0.25) is 0 Å². The van der Waals surface area contributed by atoms with Gasteiger partial charge in [0, 0.05) is 23.3 Å². The summed E-state index contributed by atoms with van der Waals surface area (Å²) in [5.41, 5.74) is 1.07. The lowest BCUT2D eigenvalue weighted by Gasteiger charge is -2.22. The van der Waals surface area contributed by atoms with Gasteiger partial charge in [0.1, 0.15) is 19.0 Å². The Morgan fingerprint density at radius 2 is 1.27 bits per heavy atom. The molecule has 0 bridgehead atoms. The Balaban J connectivity index is 1.92. The number of rotatable bonds is 13. The largest absolute Gasteiger partial charge is 0.484 e. The van der Waals surface area contributed by atoms with Gasteiger partial charge in [-0.15, -0.1) is 0 Å². The molecule has 0 heterocycles. The van der Waals surface area contributed by atoms with Crippen LogP contribution in [0.3, 0.4) is 0 Å². The first-order valence-corrected chi connectivity index (χ1v) is 10.1. The van der Waals surface area contributed by atoms with E-state index >= 15 is 0 Å². The predicted octanol–water partition coefficient (Wildman–Crippen LogP) is 2.58. The Bertz CT molecular complexity index is 958. The second-order valence-corrected chi connectivity index (χ2v) is 6.63. The first kappa shape index (κ1) is 25.1. The summed E-state index contributed by atoms with van der Waals surface area (Å²) < 4.78 is 15.4. The van der Waals surface area contributed by atoms with E-state index in [1.54, 1.807) is 48.5 Å². The number of nitrogens with zero attached hydrogens (tertiary/aromatic N) is 1. The van der Waals surface area contributed by atoms with Gasteiger partial charge in [0.15, 0.2) is 12.4 Å². The quantitative estimate of drug-likeness (QED) is 0.262. The van der Waals surface area contributed by atoms with Crippen LogP contribution in [0.25, 0.3) is 0 Å². The van der Waals surface area contributed by atoms with Crippen LogP contribution in [0, 0.1) is 0 Å². The van der Waals surface area contributed by atoms with Crippen LogP contribution in [0.15, 0.2) is 79.9 Å². The molecule has 0 aliphatic heterocycles. The maximum Gasteiger partial charge on any atom is 0.330 e. The summed E-state index contributed by atoms with van der Waals surface area (Å²) in [6, 6.07) is 15.3. The number of hydrogen-bond donors (Lipinski definition) is 0. The van der Waals surface area contributed by atoms with Crippen molar-refractivity contribution in [2.45, 2.75) is 0 Å². The molecule has 2 aromatic rings.